The van der Waals surface area contributed by atoms with Gasteiger partial charge in [-0.1, -0.05) is 6.92 Å². The third kappa shape index (κ3) is 1430. The first-order valence-electron chi connectivity index (χ1n) is 2.47. The molecule has 0 atom stereocenters. The van der Waals surface area contributed by atoms with Crippen LogP contribution < -0.4 is 0 Å². The van der Waals surface area contributed by atoms with Gasteiger partial charge in [-0.25, -0.2) is 0 Å². The van der Waals surface area contributed by atoms with Gasteiger partial charge in [-0.3, -0.25) is 0 Å². The zero-order valence-electron chi connectivity index (χ0n) is 6.02. The van der Waals surface area contributed by atoms with Gasteiger partial charge >= 0.3 is 0 Å². The van der Waals surface area contributed by atoms with E-state index in [9.17, 15) is 0 Å². The van der Waals surface area contributed by atoms with Crippen LogP contribution in [0.2, 0.25) is 0 Å². The highest BCUT2D eigenvalue weighted by molar-refractivity contribution is 4.80. The molecule has 0 aromatic rings. The molecule has 0 heterocycles. The van der Waals surface area contributed by atoms with Crippen molar-refractivity contribution in [3.63, 3.8) is 0 Å². The predicted molar refractivity (Wildman–Crippen MR) is 43.5 cm³/mol. The van der Waals surface area contributed by atoms with Crippen molar-refractivity contribution >= 4 is 0 Å². The molecular formula is C9H12. The maximum Gasteiger partial charge on any atom is 0.00576 e. The summed E-state index contributed by atoms with van der Waals surface area (Å²) in [4.78, 5) is 0. The van der Waals surface area contributed by atoms with Crippen LogP contribution in [-0.4, -0.2) is 0 Å². The van der Waals surface area contributed by atoms with E-state index in [1.54, 1.807) is 6.92 Å². The van der Waals surface area contributed by atoms with Crippen LogP contribution in [0.5, 0.6) is 0 Å². The topological polar surface area (TPSA) is 0 Å². The van der Waals surface area contributed by atoms with Crippen molar-refractivity contribution in [1.29, 1.82) is 0 Å². The quantitative estimate of drug-likeness (QED) is 0.428. The molecule has 0 saturated carbocycles. The summed E-state index contributed by atoms with van der Waals surface area (Å²) in [7, 11) is 0. The summed E-state index contributed by atoms with van der Waals surface area (Å²) in [6.45, 7) is 3.60. The molecule has 0 spiro atoms. The lowest BCUT2D eigenvalue weighted by molar-refractivity contribution is 1.28. The first-order chi connectivity index (χ1) is 4.33. The highest BCUT2D eigenvalue weighted by Crippen LogP contribution is 1.58. The van der Waals surface area contributed by atoms with Crippen molar-refractivity contribution in [2.24, 2.45) is 0 Å². The molecule has 0 radical (unpaired) electrons. The first kappa shape index (κ1) is 15.6. The molecule has 0 aromatic carbocycles. The van der Waals surface area contributed by atoms with E-state index in [1.165, 1.54) is 0 Å². The molecule has 0 unspecified atom stereocenters. The van der Waals surface area contributed by atoms with Crippen molar-refractivity contribution < 1.29 is 0 Å². The normalized spacial score (nSPS) is 3.33. The molecule has 48 valence electrons. The minimum atomic E-state index is 0.847. The minimum Gasteiger partial charge on any atom is -0.124 e. The monoisotopic (exact) mass is 120 g/mol. The van der Waals surface area contributed by atoms with Crippen LogP contribution in [-0.2, 0) is 0 Å². The van der Waals surface area contributed by atoms with Gasteiger partial charge in [0.05, 0.1) is 0 Å². The third-order valence-electron chi connectivity index (χ3n) is 0.204. The number of terminal acetylenes is 3. The molecule has 0 N–H and O–H groups in total. The smallest absolute Gasteiger partial charge is 0.00576 e. The van der Waals surface area contributed by atoms with Gasteiger partial charge in [0.2, 0.25) is 0 Å². The van der Waals surface area contributed by atoms with E-state index in [2.05, 4.69) is 31.1 Å². The molecule has 0 aliphatic heterocycles. The number of hydrogen-bond donors (Lipinski definition) is 0. The van der Waals surface area contributed by atoms with E-state index in [1.807, 2.05) is 6.92 Å². The van der Waals surface area contributed by atoms with Crippen molar-refractivity contribution in [1.82, 2.24) is 0 Å². The Kier molecular flexibility index (Phi) is 133. The lowest BCUT2D eigenvalue weighted by atomic mass is 10.5. The van der Waals surface area contributed by atoms with Gasteiger partial charge < -0.3 is 0 Å². The summed E-state index contributed by atoms with van der Waals surface area (Å²) in [5.74, 6) is 4.68. The molecule has 0 nitrogen and oxygen atoms in total. The Hall–Kier alpha value is -1.32. The minimum absolute atomic E-state index is 0.847. The second-order valence-electron chi connectivity index (χ2n) is 0.846. The average molecular weight is 120 g/mol. The van der Waals surface area contributed by atoms with Crippen molar-refractivity contribution in [3.8, 4) is 37.5 Å². The molecule has 0 aliphatic carbocycles. The molecule has 9 heavy (non-hydrogen) atoms. The summed E-state index contributed by atoms with van der Waals surface area (Å²) >= 11 is 0. The maximum absolute atomic E-state index is 4.78. The Morgan fingerprint density at radius 3 is 1.33 bits per heavy atom. The highest BCUT2D eigenvalue weighted by Gasteiger charge is 1.43. The summed E-state index contributed by atoms with van der Waals surface area (Å²) in [6, 6.07) is 0. The molecule has 0 rings (SSSR count). The van der Waals surface area contributed by atoms with Crippen molar-refractivity contribution in [2.45, 2.75) is 20.3 Å². The lowest BCUT2D eigenvalue weighted by Gasteiger charge is -1.52. The fourth-order valence-corrected chi connectivity index (χ4v) is 0. The van der Waals surface area contributed by atoms with E-state index in [4.69, 9.17) is 6.42 Å². The SMILES string of the molecule is C#C.C#CC.C#CCC. The fourth-order valence-electron chi connectivity index (χ4n) is 0. The number of rotatable bonds is 0. The van der Waals surface area contributed by atoms with E-state index < -0.39 is 0 Å². The van der Waals surface area contributed by atoms with Crippen LogP contribution >= 0.6 is 0 Å². The molecule has 0 fully saturated rings. The van der Waals surface area contributed by atoms with E-state index >= 15 is 0 Å². The average Bonchev–Trinajstić information content (AvgIpc) is 1.94. The Labute approximate surface area is 58.7 Å². The van der Waals surface area contributed by atoms with Crippen molar-refractivity contribution in [3.05, 3.63) is 0 Å². The Bertz CT molecular complexity index is 104. The van der Waals surface area contributed by atoms with Gasteiger partial charge in [0.25, 0.3) is 0 Å². The van der Waals surface area contributed by atoms with E-state index in [0.717, 1.165) is 6.42 Å². The third-order valence-corrected chi connectivity index (χ3v) is 0.204. The Balaban J connectivity index is -0.0000000646. The van der Waals surface area contributed by atoms with Gasteiger partial charge in [-0.2, -0.15) is 0 Å². The van der Waals surface area contributed by atoms with Crippen LogP contribution in [0.4, 0.5) is 0 Å². The standard InChI is InChI=1S/C4H6.C3H4.C2H2/c1-3-4-2;1-3-2;1-2/h1H,4H2,2H3;1H,2H3;1-2H. The molecule has 0 bridgehead atoms. The van der Waals surface area contributed by atoms with Crippen molar-refractivity contribution in [2.75, 3.05) is 0 Å². The second-order valence-corrected chi connectivity index (χ2v) is 0.846. The number of hydrogen-bond acceptors (Lipinski definition) is 0. The molecule has 0 aromatic heterocycles. The molecular weight excluding hydrogens is 108 g/mol. The predicted octanol–water partition coefficient (Wildman–Crippen LogP) is 1.92. The van der Waals surface area contributed by atoms with Gasteiger partial charge in [0.15, 0.2) is 0 Å². The first-order valence-corrected chi connectivity index (χ1v) is 2.47. The van der Waals surface area contributed by atoms with Gasteiger partial charge in [-0.05, 0) is 6.92 Å². The Morgan fingerprint density at radius 2 is 1.33 bits per heavy atom. The molecule has 0 aliphatic rings. The summed E-state index contributed by atoms with van der Waals surface area (Å²) < 4.78 is 0. The molecule has 0 heteroatoms. The van der Waals surface area contributed by atoms with E-state index in [0.29, 0.717) is 0 Å². The summed E-state index contributed by atoms with van der Waals surface area (Å²) in [5.41, 5.74) is 0. The summed E-state index contributed by atoms with van der Waals surface area (Å²) in [5, 5.41) is 0. The van der Waals surface area contributed by atoms with Crippen LogP contribution in [0.25, 0.3) is 0 Å². The van der Waals surface area contributed by atoms with Gasteiger partial charge in [0, 0.05) is 6.42 Å². The zero-order valence-corrected chi connectivity index (χ0v) is 6.02. The second kappa shape index (κ2) is 76.4. The van der Waals surface area contributed by atoms with Gasteiger partial charge in [0.1, 0.15) is 0 Å². The largest absolute Gasteiger partial charge is 0.124 e. The molecule has 0 amide bonds. The van der Waals surface area contributed by atoms with Crippen LogP contribution in [0.1, 0.15) is 20.3 Å². The summed E-state index contributed by atoms with van der Waals surface area (Å²) in [6.07, 6.45) is 18.2. The zero-order chi connectivity index (χ0) is 8.12. The lowest BCUT2D eigenvalue weighted by Crippen LogP contribution is -1.38. The Morgan fingerprint density at radius 1 is 1.22 bits per heavy atom. The highest BCUT2D eigenvalue weighted by atomic mass is 13.5. The van der Waals surface area contributed by atoms with Crippen LogP contribution in [0.3, 0.4) is 0 Å². The van der Waals surface area contributed by atoms with Crippen LogP contribution in [0, 0.1) is 37.5 Å². The van der Waals surface area contributed by atoms with E-state index in [-0.39, 0.29) is 0 Å². The fraction of sp³-hybridized carbons (Fsp3) is 0.333. The van der Waals surface area contributed by atoms with Crippen LogP contribution in [0.15, 0.2) is 0 Å². The molecule has 0 saturated heterocycles. The van der Waals surface area contributed by atoms with Gasteiger partial charge in [-0.15, -0.1) is 37.5 Å². The maximum atomic E-state index is 4.78.